The number of ether oxygens (including phenoxy) is 1. The van der Waals surface area contributed by atoms with Crippen LogP contribution in [0.25, 0.3) is 10.6 Å². The maximum atomic E-state index is 13.1. The lowest BCUT2D eigenvalue weighted by Crippen LogP contribution is -2.31. The fourth-order valence-corrected chi connectivity index (χ4v) is 3.99. The second-order valence-electron chi connectivity index (χ2n) is 6.98. The van der Waals surface area contributed by atoms with Crippen LogP contribution >= 0.6 is 11.3 Å². The van der Waals surface area contributed by atoms with Crippen molar-refractivity contribution in [3.8, 4) is 16.3 Å². The highest BCUT2D eigenvalue weighted by atomic mass is 32.1. The van der Waals surface area contributed by atoms with Crippen LogP contribution in [0.2, 0.25) is 0 Å². The predicted molar refractivity (Wildman–Crippen MR) is 118 cm³/mol. The van der Waals surface area contributed by atoms with E-state index < -0.39 is 6.04 Å². The Kier molecular flexibility index (Phi) is 5.63. The van der Waals surface area contributed by atoms with Crippen LogP contribution in [0.4, 0.5) is 0 Å². The molecule has 4 rings (SSSR count). The third-order valence-corrected chi connectivity index (χ3v) is 5.75. The summed E-state index contributed by atoms with van der Waals surface area (Å²) in [6, 6.07) is 15.3. The number of aryl methyl sites for hydroxylation is 2. The monoisotopic (exact) mass is 418 g/mol. The number of imidazole rings is 1. The number of nitrogens with one attached hydrogen (secondary N) is 1. The average Bonchev–Trinajstić information content (AvgIpc) is 3.42. The molecule has 1 atom stereocenters. The lowest BCUT2D eigenvalue weighted by molar-refractivity contribution is 0.0937. The number of aromatic nitrogens is 3. The van der Waals surface area contributed by atoms with E-state index in [4.69, 9.17) is 4.74 Å². The van der Waals surface area contributed by atoms with Crippen LogP contribution in [0.3, 0.4) is 0 Å². The van der Waals surface area contributed by atoms with Crippen LogP contribution in [0.15, 0.2) is 66.3 Å². The van der Waals surface area contributed by atoms with Crippen molar-refractivity contribution in [1.29, 1.82) is 0 Å². The van der Waals surface area contributed by atoms with Crippen molar-refractivity contribution in [2.75, 3.05) is 7.11 Å². The highest BCUT2D eigenvalue weighted by Crippen LogP contribution is 2.27. The third-order valence-electron chi connectivity index (χ3n) is 4.85. The fraction of sp³-hybridized carbons (Fsp3) is 0.174. The lowest BCUT2D eigenvalue weighted by Gasteiger charge is -2.19. The van der Waals surface area contributed by atoms with E-state index in [0.29, 0.717) is 5.69 Å². The smallest absolute Gasteiger partial charge is 0.271 e. The standard InChI is InChI=1S/C23H22N4O2S/c1-15-7-9-16(10-8-15)23-25-19(14-30-23)22(28)26-20(21-24-11-12-27(21)2)17-5-4-6-18(13-17)29-3/h4-14,20H,1-3H3,(H,26,28). The Morgan fingerprint density at radius 2 is 2.00 bits per heavy atom. The summed E-state index contributed by atoms with van der Waals surface area (Å²) in [6.45, 7) is 2.04. The summed E-state index contributed by atoms with van der Waals surface area (Å²) in [5.41, 5.74) is 3.45. The number of thiazole rings is 1. The van der Waals surface area contributed by atoms with E-state index in [1.807, 2.05) is 73.3 Å². The topological polar surface area (TPSA) is 69.0 Å². The van der Waals surface area contributed by atoms with Gasteiger partial charge in [0.25, 0.3) is 5.91 Å². The van der Waals surface area contributed by atoms with Crippen molar-refractivity contribution in [3.63, 3.8) is 0 Å². The molecule has 6 nitrogen and oxygen atoms in total. The fourth-order valence-electron chi connectivity index (χ4n) is 3.19. The van der Waals surface area contributed by atoms with Gasteiger partial charge < -0.3 is 14.6 Å². The molecule has 0 aliphatic carbocycles. The highest BCUT2D eigenvalue weighted by molar-refractivity contribution is 7.13. The maximum absolute atomic E-state index is 13.1. The first-order valence-corrected chi connectivity index (χ1v) is 10.4. The van der Waals surface area contributed by atoms with Crippen LogP contribution < -0.4 is 10.1 Å². The van der Waals surface area contributed by atoms with E-state index in [-0.39, 0.29) is 5.91 Å². The van der Waals surface area contributed by atoms with E-state index in [1.165, 1.54) is 16.9 Å². The molecule has 1 unspecified atom stereocenters. The van der Waals surface area contributed by atoms with Crippen molar-refractivity contribution < 1.29 is 9.53 Å². The minimum Gasteiger partial charge on any atom is -0.497 e. The van der Waals surface area contributed by atoms with Gasteiger partial charge in [0.05, 0.1) is 7.11 Å². The third kappa shape index (κ3) is 4.11. The molecule has 1 N–H and O–H groups in total. The minimum atomic E-state index is -0.433. The molecule has 2 heterocycles. The molecule has 0 radical (unpaired) electrons. The number of amides is 1. The first-order chi connectivity index (χ1) is 14.5. The van der Waals surface area contributed by atoms with Gasteiger partial charge in [0.2, 0.25) is 0 Å². The zero-order chi connectivity index (χ0) is 21.1. The Hall–Kier alpha value is -3.45. The molecular formula is C23H22N4O2S. The van der Waals surface area contributed by atoms with Gasteiger partial charge in [0.15, 0.2) is 0 Å². The number of nitrogens with zero attached hydrogens (tertiary/aromatic N) is 3. The van der Waals surface area contributed by atoms with Crippen molar-refractivity contribution >= 4 is 17.2 Å². The van der Waals surface area contributed by atoms with Crippen molar-refractivity contribution in [2.24, 2.45) is 7.05 Å². The van der Waals surface area contributed by atoms with E-state index in [0.717, 1.165) is 27.7 Å². The van der Waals surface area contributed by atoms with Crippen LogP contribution in [-0.2, 0) is 7.05 Å². The van der Waals surface area contributed by atoms with Gasteiger partial charge in [-0.1, -0.05) is 42.0 Å². The van der Waals surface area contributed by atoms with Crippen LogP contribution in [-0.4, -0.2) is 27.6 Å². The van der Waals surface area contributed by atoms with Gasteiger partial charge in [-0.05, 0) is 24.6 Å². The largest absolute Gasteiger partial charge is 0.497 e. The molecule has 1 amide bonds. The quantitative estimate of drug-likeness (QED) is 0.505. The summed E-state index contributed by atoms with van der Waals surface area (Å²) in [4.78, 5) is 22.0. The first-order valence-electron chi connectivity index (χ1n) is 9.50. The number of methoxy groups -OCH3 is 1. The van der Waals surface area contributed by atoms with E-state index in [2.05, 4.69) is 15.3 Å². The molecule has 0 fully saturated rings. The van der Waals surface area contributed by atoms with E-state index in [1.54, 1.807) is 18.7 Å². The van der Waals surface area contributed by atoms with Crippen molar-refractivity contribution in [3.05, 3.63) is 88.9 Å². The molecule has 7 heteroatoms. The molecule has 0 saturated heterocycles. The highest BCUT2D eigenvalue weighted by Gasteiger charge is 2.23. The summed E-state index contributed by atoms with van der Waals surface area (Å²) in [6.07, 6.45) is 3.57. The summed E-state index contributed by atoms with van der Waals surface area (Å²) in [5.74, 6) is 1.20. The summed E-state index contributed by atoms with van der Waals surface area (Å²) in [5, 5.41) is 5.68. The second kappa shape index (κ2) is 8.51. The normalized spacial score (nSPS) is 11.8. The first kappa shape index (κ1) is 19.8. The number of carbonyl (C=O) groups excluding carboxylic acids is 1. The number of hydrogen-bond acceptors (Lipinski definition) is 5. The Labute approximate surface area is 179 Å². The molecule has 152 valence electrons. The summed E-state index contributed by atoms with van der Waals surface area (Å²) in [7, 11) is 3.52. The van der Waals surface area contributed by atoms with Gasteiger partial charge >= 0.3 is 0 Å². The molecule has 0 aliphatic heterocycles. The van der Waals surface area contributed by atoms with Crippen LogP contribution in [0.1, 0.15) is 33.5 Å². The Morgan fingerprint density at radius 3 is 2.70 bits per heavy atom. The second-order valence-corrected chi connectivity index (χ2v) is 7.84. The number of benzene rings is 2. The Morgan fingerprint density at radius 1 is 1.20 bits per heavy atom. The van der Waals surface area contributed by atoms with Gasteiger partial charge in [-0.2, -0.15) is 0 Å². The van der Waals surface area contributed by atoms with Gasteiger partial charge in [-0.25, -0.2) is 9.97 Å². The van der Waals surface area contributed by atoms with Crippen LogP contribution in [0.5, 0.6) is 5.75 Å². The lowest BCUT2D eigenvalue weighted by atomic mass is 10.1. The average molecular weight is 419 g/mol. The molecule has 2 aromatic carbocycles. The molecule has 2 aromatic heterocycles. The molecular weight excluding hydrogens is 396 g/mol. The van der Waals surface area contributed by atoms with Gasteiger partial charge in [0.1, 0.15) is 28.3 Å². The Balaban J connectivity index is 1.62. The van der Waals surface area contributed by atoms with Crippen LogP contribution in [0, 0.1) is 6.92 Å². The number of carbonyl (C=O) groups is 1. The van der Waals surface area contributed by atoms with Gasteiger partial charge in [-0.3, -0.25) is 4.79 Å². The van der Waals surface area contributed by atoms with Gasteiger partial charge in [0, 0.05) is 30.4 Å². The zero-order valence-corrected chi connectivity index (χ0v) is 17.8. The molecule has 0 aliphatic rings. The predicted octanol–water partition coefficient (Wildman–Crippen LogP) is 4.38. The molecule has 4 aromatic rings. The Bertz CT molecular complexity index is 1160. The molecule has 0 saturated carbocycles. The molecule has 0 bridgehead atoms. The summed E-state index contributed by atoms with van der Waals surface area (Å²) >= 11 is 1.45. The van der Waals surface area contributed by atoms with E-state index >= 15 is 0 Å². The summed E-state index contributed by atoms with van der Waals surface area (Å²) < 4.78 is 7.24. The van der Waals surface area contributed by atoms with Gasteiger partial charge in [-0.15, -0.1) is 11.3 Å². The van der Waals surface area contributed by atoms with Crippen molar-refractivity contribution in [1.82, 2.24) is 19.9 Å². The zero-order valence-electron chi connectivity index (χ0n) is 17.0. The number of rotatable bonds is 6. The molecule has 0 spiro atoms. The van der Waals surface area contributed by atoms with Crippen molar-refractivity contribution in [2.45, 2.75) is 13.0 Å². The maximum Gasteiger partial charge on any atom is 0.271 e. The SMILES string of the molecule is COc1cccc(C(NC(=O)c2csc(-c3ccc(C)cc3)n2)c2nccn2C)c1. The van der Waals surface area contributed by atoms with E-state index in [9.17, 15) is 4.79 Å². The number of hydrogen-bond donors (Lipinski definition) is 1. The molecule has 30 heavy (non-hydrogen) atoms. The minimum absolute atomic E-state index is 0.250.